The summed E-state index contributed by atoms with van der Waals surface area (Å²) in [6.45, 7) is 7.29. The molecule has 6 nitrogen and oxygen atoms in total. The Morgan fingerprint density at radius 3 is 2.56 bits per heavy atom. The summed E-state index contributed by atoms with van der Waals surface area (Å²) in [6.07, 6.45) is 0. The minimum Gasteiger partial charge on any atom is -0.477 e. The van der Waals surface area contributed by atoms with Gasteiger partial charge in [-0.1, -0.05) is 38.1 Å². The number of nitro groups is 1. The van der Waals surface area contributed by atoms with E-state index < -0.39 is 4.92 Å². The fourth-order valence-electron chi connectivity index (χ4n) is 2.69. The lowest BCUT2D eigenvalue weighted by atomic mass is 10.0. The SMILES string of the molecule is Cc1cc(C)c(OCC(=O)Nc2ccccc2C(C)C)c([N+](=O)[O-])c1. The number of hydrogen-bond donors (Lipinski definition) is 1. The molecule has 2 aromatic carbocycles. The van der Waals surface area contributed by atoms with E-state index in [9.17, 15) is 14.9 Å². The van der Waals surface area contributed by atoms with Crippen molar-refractivity contribution in [3.05, 3.63) is 63.2 Å². The Bertz CT molecular complexity index is 800. The number of carbonyl (C=O) groups excluding carboxylic acids is 1. The predicted octanol–water partition coefficient (Wildman–Crippen LogP) is 4.35. The van der Waals surface area contributed by atoms with Crippen molar-refractivity contribution >= 4 is 17.3 Å². The maximum Gasteiger partial charge on any atom is 0.311 e. The maximum atomic E-state index is 12.2. The largest absolute Gasteiger partial charge is 0.477 e. The van der Waals surface area contributed by atoms with E-state index in [1.807, 2.05) is 38.1 Å². The van der Waals surface area contributed by atoms with Gasteiger partial charge in [0.2, 0.25) is 5.75 Å². The van der Waals surface area contributed by atoms with Crippen LogP contribution in [0.5, 0.6) is 5.75 Å². The Morgan fingerprint density at radius 1 is 1.24 bits per heavy atom. The molecule has 6 heteroatoms. The first kappa shape index (κ1) is 18.4. The number of hydrogen-bond acceptors (Lipinski definition) is 4. The summed E-state index contributed by atoms with van der Waals surface area (Å²) >= 11 is 0. The first-order valence-electron chi connectivity index (χ1n) is 8.06. The summed E-state index contributed by atoms with van der Waals surface area (Å²) in [5.41, 5.74) is 3.01. The predicted molar refractivity (Wildman–Crippen MR) is 97.2 cm³/mol. The minimum atomic E-state index is -0.499. The van der Waals surface area contributed by atoms with Gasteiger partial charge >= 0.3 is 5.69 Å². The number of nitrogens with zero attached hydrogens (tertiary/aromatic N) is 1. The zero-order chi connectivity index (χ0) is 18.6. The van der Waals surface area contributed by atoms with Crippen molar-refractivity contribution in [2.24, 2.45) is 0 Å². The summed E-state index contributed by atoms with van der Waals surface area (Å²) in [5, 5.41) is 14.0. The summed E-state index contributed by atoms with van der Waals surface area (Å²) in [6, 6.07) is 10.8. The Balaban J connectivity index is 2.13. The van der Waals surface area contributed by atoms with Crippen LogP contribution in [0.3, 0.4) is 0 Å². The van der Waals surface area contributed by atoms with Crippen LogP contribution in [0.2, 0.25) is 0 Å². The Morgan fingerprint density at radius 2 is 1.92 bits per heavy atom. The van der Waals surface area contributed by atoms with Crippen LogP contribution >= 0.6 is 0 Å². The van der Waals surface area contributed by atoms with Crippen molar-refractivity contribution in [2.75, 3.05) is 11.9 Å². The maximum absolute atomic E-state index is 12.2. The fourth-order valence-corrected chi connectivity index (χ4v) is 2.69. The fraction of sp³-hybridized carbons (Fsp3) is 0.316. The first-order chi connectivity index (χ1) is 11.8. The van der Waals surface area contributed by atoms with Crippen molar-refractivity contribution in [3.8, 4) is 5.75 Å². The first-order valence-corrected chi connectivity index (χ1v) is 8.06. The Labute approximate surface area is 147 Å². The number of benzene rings is 2. The van der Waals surface area contributed by atoms with Gasteiger partial charge in [-0.15, -0.1) is 0 Å². The number of rotatable bonds is 6. The molecule has 0 fully saturated rings. The lowest BCUT2D eigenvalue weighted by Gasteiger charge is -2.14. The molecular formula is C19H22N2O4. The highest BCUT2D eigenvalue weighted by Crippen LogP contribution is 2.32. The van der Waals surface area contributed by atoms with E-state index in [2.05, 4.69) is 5.32 Å². The van der Waals surface area contributed by atoms with E-state index >= 15 is 0 Å². The molecule has 0 unspecified atom stereocenters. The highest BCUT2D eigenvalue weighted by molar-refractivity contribution is 5.92. The van der Waals surface area contributed by atoms with Gasteiger partial charge in [0.15, 0.2) is 6.61 Å². The number of aryl methyl sites for hydroxylation is 2. The van der Waals surface area contributed by atoms with Crippen LogP contribution in [0.1, 0.15) is 36.5 Å². The molecule has 0 radical (unpaired) electrons. The molecule has 132 valence electrons. The Kier molecular flexibility index (Phi) is 5.75. The minimum absolute atomic E-state index is 0.128. The van der Waals surface area contributed by atoms with Gasteiger partial charge in [0.25, 0.3) is 5.91 Å². The molecular weight excluding hydrogens is 320 g/mol. The topological polar surface area (TPSA) is 81.5 Å². The van der Waals surface area contributed by atoms with Crippen LogP contribution in [0, 0.1) is 24.0 Å². The van der Waals surface area contributed by atoms with Crippen LogP contribution in [-0.4, -0.2) is 17.4 Å². The quantitative estimate of drug-likeness (QED) is 0.625. The number of nitro benzene ring substituents is 1. The second-order valence-electron chi connectivity index (χ2n) is 6.27. The normalized spacial score (nSPS) is 10.6. The van der Waals surface area contributed by atoms with Gasteiger partial charge in [-0.05, 0) is 42.5 Å². The number of nitrogens with one attached hydrogen (secondary N) is 1. The summed E-state index contributed by atoms with van der Waals surface area (Å²) < 4.78 is 5.46. The molecule has 0 aliphatic heterocycles. The molecule has 2 rings (SSSR count). The molecule has 1 amide bonds. The van der Waals surface area contributed by atoms with Gasteiger partial charge in [-0.2, -0.15) is 0 Å². The van der Waals surface area contributed by atoms with E-state index in [-0.39, 0.29) is 29.9 Å². The highest BCUT2D eigenvalue weighted by atomic mass is 16.6. The van der Waals surface area contributed by atoms with Crippen LogP contribution in [0.15, 0.2) is 36.4 Å². The van der Waals surface area contributed by atoms with Crippen molar-refractivity contribution in [3.63, 3.8) is 0 Å². The van der Waals surface area contributed by atoms with Gasteiger partial charge < -0.3 is 10.1 Å². The monoisotopic (exact) mass is 342 g/mol. The van der Waals surface area contributed by atoms with Crippen molar-refractivity contribution in [1.82, 2.24) is 0 Å². The molecule has 0 aliphatic carbocycles. The van der Waals surface area contributed by atoms with E-state index in [0.29, 0.717) is 5.56 Å². The van der Waals surface area contributed by atoms with E-state index in [1.165, 1.54) is 6.07 Å². The van der Waals surface area contributed by atoms with Crippen molar-refractivity contribution in [2.45, 2.75) is 33.6 Å². The molecule has 25 heavy (non-hydrogen) atoms. The van der Waals surface area contributed by atoms with Gasteiger partial charge in [0, 0.05) is 11.8 Å². The van der Waals surface area contributed by atoms with E-state index in [0.717, 1.165) is 16.8 Å². The zero-order valence-corrected chi connectivity index (χ0v) is 14.8. The van der Waals surface area contributed by atoms with Crippen LogP contribution in [0.25, 0.3) is 0 Å². The average molecular weight is 342 g/mol. The molecule has 0 aliphatic rings. The van der Waals surface area contributed by atoms with E-state index in [1.54, 1.807) is 19.9 Å². The smallest absolute Gasteiger partial charge is 0.311 e. The standard InChI is InChI=1S/C19H22N2O4/c1-12(2)15-7-5-6-8-16(15)20-18(22)11-25-19-14(4)9-13(3)10-17(19)21(23)24/h5-10,12H,11H2,1-4H3,(H,20,22). The van der Waals surface area contributed by atoms with Crippen LogP contribution in [-0.2, 0) is 4.79 Å². The average Bonchev–Trinajstić information content (AvgIpc) is 2.53. The lowest BCUT2D eigenvalue weighted by Crippen LogP contribution is -2.21. The molecule has 0 bridgehead atoms. The molecule has 2 aromatic rings. The molecule has 0 saturated heterocycles. The van der Waals surface area contributed by atoms with Gasteiger partial charge in [-0.3, -0.25) is 14.9 Å². The lowest BCUT2D eigenvalue weighted by molar-refractivity contribution is -0.385. The molecule has 1 N–H and O–H groups in total. The van der Waals surface area contributed by atoms with Crippen LogP contribution < -0.4 is 10.1 Å². The van der Waals surface area contributed by atoms with Crippen molar-refractivity contribution in [1.29, 1.82) is 0 Å². The third-order valence-electron chi connectivity index (χ3n) is 3.80. The third kappa shape index (κ3) is 4.56. The molecule has 0 spiro atoms. The zero-order valence-electron chi connectivity index (χ0n) is 14.8. The number of carbonyl (C=O) groups is 1. The van der Waals surface area contributed by atoms with Crippen molar-refractivity contribution < 1.29 is 14.5 Å². The number of ether oxygens (including phenoxy) is 1. The third-order valence-corrected chi connectivity index (χ3v) is 3.80. The Hall–Kier alpha value is -2.89. The second kappa shape index (κ2) is 7.79. The summed E-state index contributed by atoms with van der Waals surface area (Å²) in [5.74, 6) is 0.0307. The van der Waals surface area contributed by atoms with Gasteiger partial charge in [0.05, 0.1) is 4.92 Å². The van der Waals surface area contributed by atoms with Gasteiger partial charge in [-0.25, -0.2) is 0 Å². The number of para-hydroxylation sites is 1. The molecule has 0 atom stereocenters. The number of anilines is 1. The van der Waals surface area contributed by atoms with Crippen LogP contribution in [0.4, 0.5) is 11.4 Å². The molecule has 0 saturated carbocycles. The second-order valence-corrected chi connectivity index (χ2v) is 6.27. The summed E-state index contributed by atoms with van der Waals surface area (Å²) in [7, 11) is 0. The molecule has 0 heterocycles. The summed E-state index contributed by atoms with van der Waals surface area (Å²) in [4.78, 5) is 22.9. The van der Waals surface area contributed by atoms with E-state index in [4.69, 9.17) is 4.74 Å². The molecule has 0 aromatic heterocycles. The number of amides is 1. The highest BCUT2D eigenvalue weighted by Gasteiger charge is 2.19. The van der Waals surface area contributed by atoms with Gasteiger partial charge in [0.1, 0.15) is 0 Å².